The molecule has 0 bridgehead atoms. The molecule has 0 saturated carbocycles. The van der Waals surface area contributed by atoms with E-state index in [-0.39, 0.29) is 5.78 Å². The van der Waals surface area contributed by atoms with Crippen molar-refractivity contribution in [1.82, 2.24) is 5.32 Å². The molecule has 1 saturated heterocycles. The van der Waals surface area contributed by atoms with Crippen molar-refractivity contribution >= 4 is 17.4 Å². The number of hydrogen-bond donors (Lipinski definition) is 1. The number of ketones is 1. The standard InChI is InChI=1S/C13H16ClNO/c1-13(8-2-3-9-15-13)12(16)10-4-6-11(14)7-5-10/h4-7,15H,2-3,8-9H2,1H3. The first-order valence-electron chi connectivity index (χ1n) is 5.67. The molecule has 0 aliphatic carbocycles. The Hall–Kier alpha value is -0.860. The van der Waals surface area contributed by atoms with Crippen LogP contribution in [0.4, 0.5) is 0 Å². The van der Waals surface area contributed by atoms with Crippen LogP contribution < -0.4 is 5.32 Å². The van der Waals surface area contributed by atoms with Crippen molar-refractivity contribution in [2.24, 2.45) is 0 Å². The van der Waals surface area contributed by atoms with Crippen molar-refractivity contribution in [2.45, 2.75) is 31.7 Å². The molecule has 16 heavy (non-hydrogen) atoms. The third-order valence-electron chi connectivity index (χ3n) is 3.23. The van der Waals surface area contributed by atoms with E-state index >= 15 is 0 Å². The SMILES string of the molecule is CC1(C(=O)c2ccc(Cl)cc2)CCCCN1. The molecule has 1 aromatic carbocycles. The van der Waals surface area contributed by atoms with Crippen LogP contribution in [0.5, 0.6) is 0 Å². The Labute approximate surface area is 101 Å². The lowest BCUT2D eigenvalue weighted by molar-refractivity contribution is 0.0835. The summed E-state index contributed by atoms with van der Waals surface area (Å²) in [6.45, 7) is 2.92. The summed E-state index contributed by atoms with van der Waals surface area (Å²) in [6, 6.07) is 7.13. The summed E-state index contributed by atoms with van der Waals surface area (Å²) < 4.78 is 0. The van der Waals surface area contributed by atoms with Crippen LogP contribution in [0.2, 0.25) is 5.02 Å². The van der Waals surface area contributed by atoms with Gasteiger partial charge in [-0.15, -0.1) is 0 Å². The fraction of sp³-hybridized carbons (Fsp3) is 0.462. The third kappa shape index (κ3) is 2.28. The summed E-state index contributed by atoms with van der Waals surface area (Å²) in [5.41, 5.74) is 0.341. The van der Waals surface area contributed by atoms with Gasteiger partial charge in [0.1, 0.15) is 0 Å². The summed E-state index contributed by atoms with van der Waals surface area (Å²) >= 11 is 5.81. The lowest BCUT2D eigenvalue weighted by Crippen LogP contribution is -2.52. The van der Waals surface area contributed by atoms with E-state index in [9.17, 15) is 4.79 Å². The van der Waals surface area contributed by atoms with E-state index in [2.05, 4.69) is 5.32 Å². The zero-order valence-corrected chi connectivity index (χ0v) is 10.2. The highest BCUT2D eigenvalue weighted by Crippen LogP contribution is 2.24. The second kappa shape index (κ2) is 4.56. The van der Waals surface area contributed by atoms with Gasteiger partial charge in [-0.1, -0.05) is 11.6 Å². The van der Waals surface area contributed by atoms with Crippen LogP contribution in [0.3, 0.4) is 0 Å². The first-order valence-corrected chi connectivity index (χ1v) is 6.05. The Bertz CT molecular complexity index is 379. The quantitative estimate of drug-likeness (QED) is 0.801. The van der Waals surface area contributed by atoms with Crippen molar-refractivity contribution in [3.63, 3.8) is 0 Å². The number of hydrogen-bond acceptors (Lipinski definition) is 2. The van der Waals surface area contributed by atoms with Crippen molar-refractivity contribution < 1.29 is 4.79 Å². The van der Waals surface area contributed by atoms with Gasteiger partial charge < -0.3 is 5.32 Å². The topological polar surface area (TPSA) is 29.1 Å². The molecule has 0 amide bonds. The van der Waals surface area contributed by atoms with E-state index in [0.29, 0.717) is 5.02 Å². The summed E-state index contributed by atoms with van der Waals surface area (Å²) in [5.74, 6) is 0.170. The van der Waals surface area contributed by atoms with Gasteiger partial charge in [0.2, 0.25) is 0 Å². The van der Waals surface area contributed by atoms with Crippen molar-refractivity contribution in [2.75, 3.05) is 6.54 Å². The number of piperidine rings is 1. The minimum absolute atomic E-state index is 0.170. The Morgan fingerprint density at radius 2 is 2.00 bits per heavy atom. The average Bonchev–Trinajstić information content (AvgIpc) is 2.30. The molecule has 1 aliphatic heterocycles. The molecule has 1 unspecified atom stereocenters. The zero-order valence-electron chi connectivity index (χ0n) is 9.42. The van der Waals surface area contributed by atoms with Crippen LogP contribution in [-0.2, 0) is 0 Å². The maximum Gasteiger partial charge on any atom is 0.182 e. The van der Waals surface area contributed by atoms with Gasteiger partial charge >= 0.3 is 0 Å². The zero-order chi connectivity index (χ0) is 11.6. The largest absolute Gasteiger partial charge is 0.305 e. The molecule has 1 aromatic rings. The molecule has 2 rings (SSSR count). The summed E-state index contributed by atoms with van der Waals surface area (Å²) in [6.07, 6.45) is 3.18. The highest BCUT2D eigenvalue weighted by molar-refractivity contribution is 6.30. The van der Waals surface area contributed by atoms with E-state index in [1.54, 1.807) is 24.3 Å². The second-order valence-corrected chi connectivity index (χ2v) is 4.99. The fourth-order valence-electron chi connectivity index (χ4n) is 2.17. The van der Waals surface area contributed by atoms with Crippen LogP contribution in [0.15, 0.2) is 24.3 Å². The van der Waals surface area contributed by atoms with Gasteiger partial charge in [0, 0.05) is 10.6 Å². The molecule has 1 N–H and O–H groups in total. The van der Waals surface area contributed by atoms with Gasteiger partial charge in [-0.2, -0.15) is 0 Å². The molecule has 0 spiro atoms. The fourth-order valence-corrected chi connectivity index (χ4v) is 2.30. The molecule has 1 heterocycles. The van der Waals surface area contributed by atoms with Gasteiger partial charge in [-0.25, -0.2) is 0 Å². The van der Waals surface area contributed by atoms with E-state index in [4.69, 9.17) is 11.6 Å². The van der Waals surface area contributed by atoms with E-state index < -0.39 is 5.54 Å². The first kappa shape index (κ1) is 11.6. The Morgan fingerprint density at radius 1 is 1.31 bits per heavy atom. The molecule has 0 radical (unpaired) electrons. The van der Waals surface area contributed by atoms with Crippen molar-refractivity contribution in [3.8, 4) is 0 Å². The molecule has 86 valence electrons. The highest BCUT2D eigenvalue weighted by Gasteiger charge is 2.34. The third-order valence-corrected chi connectivity index (χ3v) is 3.48. The van der Waals surface area contributed by atoms with Crippen LogP contribution in [0, 0.1) is 0 Å². The molecule has 1 fully saturated rings. The number of carbonyl (C=O) groups excluding carboxylic acids is 1. The molecule has 3 heteroatoms. The minimum atomic E-state index is -0.397. The van der Waals surface area contributed by atoms with Gasteiger partial charge in [0.15, 0.2) is 5.78 Å². The van der Waals surface area contributed by atoms with Crippen LogP contribution in [-0.4, -0.2) is 17.9 Å². The van der Waals surface area contributed by atoms with E-state index in [0.717, 1.165) is 31.4 Å². The van der Waals surface area contributed by atoms with E-state index in [1.165, 1.54) is 0 Å². The predicted molar refractivity (Wildman–Crippen MR) is 66.0 cm³/mol. The number of rotatable bonds is 2. The Kier molecular flexibility index (Phi) is 3.31. The average molecular weight is 238 g/mol. The maximum atomic E-state index is 12.3. The maximum absolute atomic E-state index is 12.3. The summed E-state index contributed by atoms with van der Waals surface area (Å²) in [5, 5.41) is 3.99. The van der Waals surface area contributed by atoms with Crippen molar-refractivity contribution in [3.05, 3.63) is 34.9 Å². The number of halogens is 1. The Morgan fingerprint density at radius 3 is 2.56 bits per heavy atom. The molecular formula is C13H16ClNO. The number of nitrogens with one attached hydrogen (secondary N) is 1. The Balaban J connectivity index is 2.20. The lowest BCUT2D eigenvalue weighted by Gasteiger charge is -2.33. The number of benzene rings is 1. The van der Waals surface area contributed by atoms with Gasteiger partial charge in [0.25, 0.3) is 0 Å². The number of Topliss-reactive ketones (excluding diaryl/α,β-unsaturated/α-hetero) is 1. The van der Waals surface area contributed by atoms with Crippen LogP contribution in [0.25, 0.3) is 0 Å². The summed E-state index contributed by atoms with van der Waals surface area (Å²) in [7, 11) is 0. The molecule has 1 aliphatic rings. The molecule has 0 aromatic heterocycles. The molecule has 2 nitrogen and oxygen atoms in total. The van der Waals surface area contributed by atoms with Gasteiger partial charge in [-0.05, 0) is 57.0 Å². The minimum Gasteiger partial charge on any atom is -0.305 e. The second-order valence-electron chi connectivity index (χ2n) is 4.55. The summed E-state index contributed by atoms with van der Waals surface area (Å²) in [4.78, 5) is 12.3. The lowest BCUT2D eigenvalue weighted by atomic mass is 9.84. The predicted octanol–water partition coefficient (Wildman–Crippen LogP) is 3.05. The first-order chi connectivity index (χ1) is 7.62. The normalized spacial score (nSPS) is 25.4. The van der Waals surface area contributed by atoms with Crippen LogP contribution >= 0.6 is 11.6 Å². The van der Waals surface area contributed by atoms with E-state index in [1.807, 2.05) is 6.92 Å². The van der Waals surface area contributed by atoms with Gasteiger partial charge in [0.05, 0.1) is 5.54 Å². The highest BCUT2D eigenvalue weighted by atomic mass is 35.5. The smallest absolute Gasteiger partial charge is 0.182 e. The van der Waals surface area contributed by atoms with Crippen LogP contribution in [0.1, 0.15) is 36.5 Å². The van der Waals surface area contributed by atoms with Gasteiger partial charge in [-0.3, -0.25) is 4.79 Å². The molecular weight excluding hydrogens is 222 g/mol. The number of carbonyl (C=O) groups is 1. The monoisotopic (exact) mass is 237 g/mol. The van der Waals surface area contributed by atoms with Crippen molar-refractivity contribution in [1.29, 1.82) is 0 Å². The molecule has 1 atom stereocenters.